The SMILES string of the molecule is O=C(N/N=C\c1ccccc1OC(F)F)c1cc(-c2ccc(Cl)cc2)nc2ccccc12. The minimum Gasteiger partial charge on any atom is -0.434 e. The first-order chi connectivity index (χ1) is 15.5. The van der Waals surface area contributed by atoms with Crippen LogP contribution in [0.1, 0.15) is 15.9 Å². The molecule has 0 aliphatic rings. The van der Waals surface area contributed by atoms with E-state index in [-0.39, 0.29) is 5.75 Å². The lowest BCUT2D eigenvalue weighted by Crippen LogP contribution is -2.18. The zero-order valence-electron chi connectivity index (χ0n) is 16.5. The summed E-state index contributed by atoms with van der Waals surface area (Å²) >= 11 is 5.97. The second kappa shape index (κ2) is 9.53. The van der Waals surface area contributed by atoms with E-state index in [2.05, 4.69) is 20.2 Å². The molecule has 1 amide bonds. The second-order valence-corrected chi connectivity index (χ2v) is 7.13. The van der Waals surface area contributed by atoms with E-state index in [1.54, 1.807) is 42.5 Å². The van der Waals surface area contributed by atoms with Crippen molar-refractivity contribution in [2.45, 2.75) is 6.61 Å². The molecule has 0 fully saturated rings. The van der Waals surface area contributed by atoms with Crippen LogP contribution in [0.25, 0.3) is 22.2 Å². The topological polar surface area (TPSA) is 63.6 Å². The molecule has 4 rings (SSSR count). The Morgan fingerprint density at radius 2 is 1.75 bits per heavy atom. The van der Waals surface area contributed by atoms with Crippen LogP contribution in [-0.2, 0) is 0 Å². The largest absolute Gasteiger partial charge is 0.434 e. The van der Waals surface area contributed by atoms with Crippen molar-refractivity contribution in [3.8, 4) is 17.0 Å². The fourth-order valence-electron chi connectivity index (χ4n) is 3.14. The van der Waals surface area contributed by atoms with Gasteiger partial charge >= 0.3 is 6.61 Å². The molecular formula is C24H16ClF2N3O2. The maximum Gasteiger partial charge on any atom is 0.387 e. The zero-order valence-corrected chi connectivity index (χ0v) is 17.3. The van der Waals surface area contributed by atoms with Gasteiger partial charge in [-0.15, -0.1) is 0 Å². The fraction of sp³-hybridized carbons (Fsp3) is 0.0417. The number of nitrogens with zero attached hydrogens (tertiary/aromatic N) is 2. The Morgan fingerprint density at radius 1 is 1.03 bits per heavy atom. The Morgan fingerprint density at radius 3 is 2.53 bits per heavy atom. The van der Waals surface area contributed by atoms with E-state index in [0.29, 0.717) is 32.7 Å². The number of hydrogen-bond donors (Lipinski definition) is 1. The number of hydrazone groups is 1. The van der Waals surface area contributed by atoms with Gasteiger partial charge < -0.3 is 4.74 Å². The van der Waals surface area contributed by atoms with Crippen molar-refractivity contribution in [1.82, 2.24) is 10.4 Å². The Balaban J connectivity index is 1.64. The van der Waals surface area contributed by atoms with Gasteiger partial charge in [-0.25, -0.2) is 10.4 Å². The molecule has 1 aromatic heterocycles. The number of benzene rings is 3. The Hall–Kier alpha value is -3.84. The zero-order chi connectivity index (χ0) is 22.5. The number of aromatic nitrogens is 1. The fourth-order valence-corrected chi connectivity index (χ4v) is 3.27. The number of nitrogens with one attached hydrogen (secondary N) is 1. The standard InChI is InChI=1S/C24H16ClF2N3O2/c25-17-11-9-15(10-12-17)21-13-19(18-6-2-3-7-20(18)29-21)23(31)30-28-14-16-5-1-4-8-22(16)32-24(26)27/h1-14,24H,(H,30,31)/b28-14-. The highest BCUT2D eigenvalue weighted by molar-refractivity contribution is 6.30. The average molecular weight is 452 g/mol. The van der Waals surface area contributed by atoms with Crippen LogP contribution in [0, 0.1) is 0 Å². The summed E-state index contributed by atoms with van der Waals surface area (Å²) in [4.78, 5) is 17.6. The summed E-state index contributed by atoms with van der Waals surface area (Å²) in [5.74, 6) is -0.512. The molecule has 0 atom stereocenters. The van der Waals surface area contributed by atoms with E-state index in [1.165, 1.54) is 12.3 Å². The molecular weight excluding hydrogens is 436 g/mol. The minimum atomic E-state index is -2.96. The maximum atomic E-state index is 12.9. The third-order valence-corrected chi connectivity index (χ3v) is 4.86. The highest BCUT2D eigenvalue weighted by Gasteiger charge is 2.14. The van der Waals surface area contributed by atoms with E-state index >= 15 is 0 Å². The minimum absolute atomic E-state index is 0.0418. The second-order valence-electron chi connectivity index (χ2n) is 6.69. The monoisotopic (exact) mass is 451 g/mol. The van der Waals surface area contributed by atoms with Crippen LogP contribution in [0.4, 0.5) is 8.78 Å². The first-order valence-electron chi connectivity index (χ1n) is 9.54. The number of carbonyl (C=O) groups excluding carboxylic acids is 1. The van der Waals surface area contributed by atoms with Crippen molar-refractivity contribution >= 4 is 34.6 Å². The lowest BCUT2D eigenvalue weighted by atomic mass is 10.0. The van der Waals surface area contributed by atoms with Crippen molar-refractivity contribution < 1.29 is 18.3 Å². The molecule has 0 saturated heterocycles. The number of fused-ring (bicyclic) bond motifs is 1. The molecule has 0 unspecified atom stereocenters. The van der Waals surface area contributed by atoms with Gasteiger partial charge in [0.15, 0.2) is 0 Å². The molecule has 0 bridgehead atoms. The van der Waals surface area contributed by atoms with Crippen LogP contribution in [0.5, 0.6) is 5.75 Å². The van der Waals surface area contributed by atoms with Crippen LogP contribution in [0.15, 0.2) is 84.0 Å². The molecule has 0 aliphatic heterocycles. The first kappa shape index (κ1) is 21.4. The third kappa shape index (κ3) is 4.90. The molecule has 0 saturated carbocycles. The number of pyridine rings is 1. The third-order valence-electron chi connectivity index (χ3n) is 4.61. The summed E-state index contributed by atoms with van der Waals surface area (Å²) in [5, 5.41) is 5.17. The van der Waals surface area contributed by atoms with Gasteiger partial charge in [-0.3, -0.25) is 4.79 Å². The van der Waals surface area contributed by atoms with Crippen LogP contribution in [-0.4, -0.2) is 23.7 Å². The number of alkyl halides is 2. The Labute approximate surface area is 187 Å². The lowest BCUT2D eigenvalue weighted by molar-refractivity contribution is -0.0499. The molecule has 8 heteroatoms. The molecule has 4 aromatic rings. The highest BCUT2D eigenvalue weighted by atomic mass is 35.5. The van der Waals surface area contributed by atoms with Gasteiger partial charge in [-0.05, 0) is 36.4 Å². The summed E-state index contributed by atoms with van der Waals surface area (Å²) in [6.07, 6.45) is 1.25. The molecule has 1 N–H and O–H groups in total. The van der Waals surface area contributed by atoms with Crippen LogP contribution < -0.4 is 10.2 Å². The molecule has 0 aliphatic carbocycles. The van der Waals surface area contributed by atoms with E-state index in [9.17, 15) is 13.6 Å². The van der Waals surface area contributed by atoms with Crippen molar-refractivity contribution in [2.24, 2.45) is 5.10 Å². The van der Waals surface area contributed by atoms with Gasteiger partial charge in [-0.2, -0.15) is 13.9 Å². The normalized spacial score (nSPS) is 11.2. The predicted octanol–water partition coefficient (Wildman–Crippen LogP) is 5.92. The quantitative estimate of drug-likeness (QED) is 0.292. The summed E-state index contributed by atoms with van der Waals surface area (Å²) in [7, 11) is 0. The summed E-state index contributed by atoms with van der Waals surface area (Å²) in [6.45, 7) is -2.96. The highest BCUT2D eigenvalue weighted by Crippen LogP contribution is 2.26. The number of para-hydroxylation sites is 2. The Bertz CT molecular complexity index is 1290. The average Bonchev–Trinajstić information content (AvgIpc) is 2.79. The number of ether oxygens (including phenoxy) is 1. The van der Waals surface area contributed by atoms with Gasteiger partial charge in [0.25, 0.3) is 5.91 Å². The van der Waals surface area contributed by atoms with Crippen LogP contribution in [0.3, 0.4) is 0 Å². The van der Waals surface area contributed by atoms with Crippen molar-refractivity contribution in [1.29, 1.82) is 0 Å². The number of hydrogen-bond acceptors (Lipinski definition) is 4. The Kier molecular flexibility index (Phi) is 6.37. The lowest BCUT2D eigenvalue weighted by Gasteiger charge is -2.09. The molecule has 32 heavy (non-hydrogen) atoms. The predicted molar refractivity (Wildman–Crippen MR) is 120 cm³/mol. The summed E-state index contributed by atoms with van der Waals surface area (Å²) in [6, 6.07) is 22.2. The van der Waals surface area contributed by atoms with Crippen LogP contribution >= 0.6 is 11.6 Å². The van der Waals surface area contributed by atoms with E-state index in [0.717, 1.165) is 5.56 Å². The first-order valence-corrected chi connectivity index (χ1v) is 9.92. The van der Waals surface area contributed by atoms with E-state index in [1.807, 2.05) is 30.3 Å². The molecule has 0 spiro atoms. The van der Waals surface area contributed by atoms with E-state index in [4.69, 9.17) is 11.6 Å². The van der Waals surface area contributed by atoms with Gasteiger partial charge in [0, 0.05) is 21.5 Å². The smallest absolute Gasteiger partial charge is 0.387 e. The number of carbonyl (C=O) groups is 1. The molecule has 1 heterocycles. The van der Waals surface area contributed by atoms with Crippen molar-refractivity contribution in [2.75, 3.05) is 0 Å². The van der Waals surface area contributed by atoms with Gasteiger partial charge in [0.2, 0.25) is 0 Å². The van der Waals surface area contributed by atoms with Crippen molar-refractivity contribution in [3.05, 3.63) is 95.0 Å². The summed E-state index contributed by atoms with van der Waals surface area (Å²) < 4.78 is 29.6. The van der Waals surface area contributed by atoms with Crippen LogP contribution in [0.2, 0.25) is 5.02 Å². The number of halogens is 3. The van der Waals surface area contributed by atoms with Gasteiger partial charge in [0.05, 0.1) is 23.0 Å². The molecule has 3 aromatic carbocycles. The maximum absolute atomic E-state index is 12.9. The van der Waals surface area contributed by atoms with Crippen molar-refractivity contribution in [3.63, 3.8) is 0 Å². The van der Waals surface area contributed by atoms with E-state index < -0.39 is 12.5 Å². The molecule has 0 radical (unpaired) electrons. The number of amides is 1. The van der Waals surface area contributed by atoms with Gasteiger partial charge in [-0.1, -0.05) is 54.1 Å². The van der Waals surface area contributed by atoms with Gasteiger partial charge in [0.1, 0.15) is 5.75 Å². The summed E-state index contributed by atoms with van der Waals surface area (Å²) in [5.41, 5.74) is 5.16. The number of rotatable bonds is 6. The molecule has 160 valence electrons. The molecule has 5 nitrogen and oxygen atoms in total.